The first-order chi connectivity index (χ1) is 19.1. The van der Waals surface area contributed by atoms with E-state index < -0.39 is 0 Å². The van der Waals surface area contributed by atoms with Crippen molar-refractivity contribution in [3.63, 3.8) is 0 Å². The Kier molecular flexibility index (Phi) is 10.9. The predicted octanol–water partition coefficient (Wildman–Crippen LogP) is 6.71. The molecule has 1 amide bonds. The number of nitrogens with one attached hydrogen (secondary N) is 1. The second-order valence-corrected chi connectivity index (χ2v) is 10.9. The number of hydrogen-bond donors (Lipinski definition) is 2. The van der Waals surface area contributed by atoms with Gasteiger partial charge in [-0.3, -0.25) is 10.2 Å². The van der Waals surface area contributed by atoms with E-state index in [0.29, 0.717) is 47.9 Å². The molecule has 0 aliphatic heterocycles. The van der Waals surface area contributed by atoms with Crippen LogP contribution in [0.2, 0.25) is 0 Å². The molecule has 4 rings (SSSR count). The van der Waals surface area contributed by atoms with Crippen LogP contribution in [-0.4, -0.2) is 49.0 Å². The van der Waals surface area contributed by atoms with Crippen LogP contribution in [0.3, 0.4) is 0 Å². The summed E-state index contributed by atoms with van der Waals surface area (Å²) in [6.07, 6.45) is 14.7. The Balaban J connectivity index is 1.26. The minimum atomic E-state index is 0.0558. The zero-order valence-electron chi connectivity index (χ0n) is 23.5. The van der Waals surface area contributed by atoms with E-state index in [9.17, 15) is 4.79 Å². The van der Waals surface area contributed by atoms with Gasteiger partial charge in [0.2, 0.25) is 0 Å². The van der Waals surface area contributed by atoms with Crippen LogP contribution in [0.25, 0.3) is 0 Å². The van der Waals surface area contributed by atoms with Gasteiger partial charge in [0.15, 0.2) is 11.5 Å². The van der Waals surface area contributed by atoms with E-state index >= 15 is 0 Å². The van der Waals surface area contributed by atoms with Crippen molar-refractivity contribution in [3.05, 3.63) is 53.6 Å². The summed E-state index contributed by atoms with van der Waals surface area (Å²) < 4.78 is 17.4. The number of amidine groups is 1. The maximum atomic E-state index is 13.8. The number of rotatable bonds is 13. The Morgan fingerprint density at radius 2 is 1.36 bits per heavy atom. The van der Waals surface area contributed by atoms with Crippen molar-refractivity contribution in [2.75, 3.05) is 20.3 Å². The molecular formula is C32H45N3O4. The highest BCUT2D eigenvalue weighted by molar-refractivity contribution is 5.95. The number of nitrogen functional groups attached to an aromatic ring is 1. The number of benzene rings is 2. The number of amides is 1. The Bertz CT molecular complexity index is 1040. The van der Waals surface area contributed by atoms with Crippen LogP contribution in [0.5, 0.6) is 17.2 Å². The van der Waals surface area contributed by atoms with Gasteiger partial charge in [-0.15, -0.1) is 0 Å². The Morgan fingerprint density at radius 3 is 1.92 bits per heavy atom. The highest BCUT2D eigenvalue weighted by Crippen LogP contribution is 2.34. The van der Waals surface area contributed by atoms with Crippen LogP contribution in [0, 0.1) is 5.41 Å². The van der Waals surface area contributed by atoms with Gasteiger partial charge in [0.25, 0.3) is 5.91 Å². The lowest BCUT2D eigenvalue weighted by atomic mass is 9.88. The van der Waals surface area contributed by atoms with Crippen molar-refractivity contribution in [2.24, 2.45) is 5.73 Å². The summed E-state index contributed by atoms with van der Waals surface area (Å²) >= 11 is 0. The van der Waals surface area contributed by atoms with Gasteiger partial charge in [-0.25, -0.2) is 0 Å². The summed E-state index contributed by atoms with van der Waals surface area (Å²) in [4.78, 5) is 16.1. The molecule has 7 heteroatoms. The molecule has 0 unspecified atom stereocenters. The van der Waals surface area contributed by atoms with E-state index in [4.69, 9.17) is 25.4 Å². The number of carbonyl (C=O) groups is 1. The van der Waals surface area contributed by atoms with E-state index in [-0.39, 0.29) is 11.7 Å². The number of unbranched alkanes of at least 4 members (excludes halogenated alkanes) is 2. The number of ether oxygens (including phenoxy) is 3. The molecule has 39 heavy (non-hydrogen) atoms. The third kappa shape index (κ3) is 8.13. The van der Waals surface area contributed by atoms with Crippen molar-refractivity contribution in [1.29, 1.82) is 5.41 Å². The first-order valence-corrected chi connectivity index (χ1v) is 14.8. The van der Waals surface area contributed by atoms with Gasteiger partial charge in [0.1, 0.15) is 11.6 Å². The van der Waals surface area contributed by atoms with E-state index in [1.807, 2.05) is 30.3 Å². The van der Waals surface area contributed by atoms with Crippen molar-refractivity contribution in [1.82, 2.24) is 4.90 Å². The van der Waals surface area contributed by atoms with E-state index in [0.717, 1.165) is 50.7 Å². The maximum Gasteiger partial charge on any atom is 0.254 e. The number of nitrogens with zero attached hydrogens (tertiary/aromatic N) is 1. The number of nitrogens with two attached hydrogens (primary N) is 1. The summed E-state index contributed by atoms with van der Waals surface area (Å²) in [6, 6.07) is 13.6. The zero-order valence-corrected chi connectivity index (χ0v) is 23.5. The molecule has 2 fully saturated rings. The fraction of sp³-hybridized carbons (Fsp3) is 0.562. The molecule has 0 saturated heterocycles. The normalized spacial score (nSPS) is 16.4. The zero-order chi connectivity index (χ0) is 27.5. The molecule has 2 aliphatic rings. The molecule has 0 radical (unpaired) electrons. The number of hydrogen-bond acceptors (Lipinski definition) is 5. The summed E-state index contributed by atoms with van der Waals surface area (Å²) in [5, 5.41) is 7.45. The lowest BCUT2D eigenvalue weighted by Crippen LogP contribution is -2.48. The first-order valence-electron chi connectivity index (χ1n) is 14.8. The fourth-order valence-electron chi connectivity index (χ4n) is 5.90. The van der Waals surface area contributed by atoms with Gasteiger partial charge in [0.05, 0.1) is 20.3 Å². The highest BCUT2D eigenvalue weighted by atomic mass is 16.5. The molecule has 0 bridgehead atoms. The molecule has 0 spiro atoms. The van der Waals surface area contributed by atoms with Crippen LogP contribution in [0.1, 0.15) is 99.4 Å². The van der Waals surface area contributed by atoms with Gasteiger partial charge in [0, 0.05) is 23.2 Å². The minimum absolute atomic E-state index is 0.0558. The summed E-state index contributed by atoms with van der Waals surface area (Å²) in [5.74, 6) is 2.28. The molecule has 2 saturated carbocycles. The highest BCUT2D eigenvalue weighted by Gasteiger charge is 2.33. The van der Waals surface area contributed by atoms with Crippen molar-refractivity contribution in [2.45, 2.75) is 95.6 Å². The van der Waals surface area contributed by atoms with Crippen LogP contribution in [0.4, 0.5) is 0 Å². The molecule has 0 atom stereocenters. The average molecular weight is 536 g/mol. The molecule has 3 N–H and O–H groups in total. The quantitative estimate of drug-likeness (QED) is 0.169. The molecule has 2 aliphatic carbocycles. The number of carbonyl (C=O) groups excluding carboxylic acids is 1. The molecule has 0 heterocycles. The Morgan fingerprint density at radius 1 is 0.795 bits per heavy atom. The van der Waals surface area contributed by atoms with Gasteiger partial charge in [-0.05, 0) is 87.4 Å². The Labute approximate surface area is 233 Å². The molecule has 212 valence electrons. The van der Waals surface area contributed by atoms with Crippen molar-refractivity contribution in [3.8, 4) is 17.2 Å². The van der Waals surface area contributed by atoms with E-state index in [1.165, 1.54) is 38.5 Å². The smallest absolute Gasteiger partial charge is 0.254 e. The SMILES string of the molecule is COc1cc(C(=O)N(C2CCCCC2)C2CCCCC2)ccc1OCCCCCOc1ccc(C(=N)N)cc1. The predicted molar refractivity (Wildman–Crippen MR) is 155 cm³/mol. The van der Waals surface area contributed by atoms with Crippen LogP contribution < -0.4 is 19.9 Å². The van der Waals surface area contributed by atoms with Crippen molar-refractivity contribution < 1.29 is 19.0 Å². The number of methoxy groups -OCH3 is 1. The fourth-order valence-corrected chi connectivity index (χ4v) is 5.90. The molecule has 7 nitrogen and oxygen atoms in total. The van der Waals surface area contributed by atoms with Crippen LogP contribution in [0.15, 0.2) is 42.5 Å². The van der Waals surface area contributed by atoms with Crippen LogP contribution in [-0.2, 0) is 0 Å². The van der Waals surface area contributed by atoms with Gasteiger partial charge in [-0.2, -0.15) is 0 Å². The van der Waals surface area contributed by atoms with Gasteiger partial charge >= 0.3 is 0 Å². The van der Waals surface area contributed by atoms with Gasteiger partial charge < -0.3 is 24.8 Å². The minimum Gasteiger partial charge on any atom is -0.494 e. The van der Waals surface area contributed by atoms with Gasteiger partial charge in [-0.1, -0.05) is 38.5 Å². The lowest BCUT2D eigenvalue weighted by Gasteiger charge is -2.42. The second-order valence-electron chi connectivity index (χ2n) is 10.9. The van der Waals surface area contributed by atoms with E-state index in [2.05, 4.69) is 4.90 Å². The summed E-state index contributed by atoms with van der Waals surface area (Å²) in [5.41, 5.74) is 6.88. The summed E-state index contributed by atoms with van der Waals surface area (Å²) in [6.45, 7) is 1.20. The largest absolute Gasteiger partial charge is 0.494 e. The van der Waals surface area contributed by atoms with E-state index in [1.54, 1.807) is 19.2 Å². The molecular weight excluding hydrogens is 490 g/mol. The third-order valence-electron chi connectivity index (χ3n) is 8.06. The molecule has 0 aromatic heterocycles. The topological polar surface area (TPSA) is 97.9 Å². The average Bonchev–Trinajstić information content (AvgIpc) is 2.98. The Hall–Kier alpha value is -3.22. The monoisotopic (exact) mass is 535 g/mol. The summed E-state index contributed by atoms with van der Waals surface area (Å²) in [7, 11) is 1.64. The lowest BCUT2D eigenvalue weighted by molar-refractivity contribution is 0.0448. The third-order valence-corrected chi connectivity index (χ3v) is 8.06. The second kappa shape index (κ2) is 14.8. The maximum absolute atomic E-state index is 13.8. The first kappa shape index (κ1) is 28.8. The molecule has 2 aromatic rings. The standard InChI is InChI=1S/C32H45N3O4/c1-37-30-23-25(32(36)35(26-11-5-2-6-12-26)27-13-7-3-8-14-27)17-20-29(30)39-22-10-4-9-21-38-28-18-15-24(16-19-28)31(33)34/h15-20,23,26-27H,2-14,21-22H2,1H3,(H3,33,34). The molecule has 2 aromatic carbocycles. The van der Waals surface area contributed by atoms with Crippen molar-refractivity contribution >= 4 is 11.7 Å². The van der Waals surface area contributed by atoms with Crippen LogP contribution >= 0.6 is 0 Å².